The number of nitrogens with zero attached hydrogens (tertiary/aromatic N) is 3. The lowest BCUT2D eigenvalue weighted by molar-refractivity contribution is 0.379. The summed E-state index contributed by atoms with van der Waals surface area (Å²) >= 11 is 1.79. The van der Waals surface area contributed by atoms with Gasteiger partial charge >= 0.3 is 6.01 Å². The average Bonchev–Trinajstić information content (AvgIpc) is 2.42. The highest BCUT2D eigenvalue weighted by atomic mass is 32.2. The molecule has 0 spiro atoms. The van der Waals surface area contributed by atoms with Crippen LogP contribution in [0.25, 0.3) is 0 Å². The fourth-order valence-corrected chi connectivity index (χ4v) is 1.42. The van der Waals surface area contributed by atoms with Crippen molar-refractivity contribution in [3.05, 3.63) is 0 Å². The van der Waals surface area contributed by atoms with Gasteiger partial charge in [-0.25, -0.2) is 0 Å². The van der Waals surface area contributed by atoms with Crippen molar-refractivity contribution in [2.75, 3.05) is 37.1 Å². The molecule has 0 aliphatic rings. The number of methoxy groups -OCH3 is 1. The molecule has 1 aromatic heterocycles. The molecule has 0 aliphatic heterocycles. The van der Waals surface area contributed by atoms with Crippen molar-refractivity contribution in [3.8, 4) is 6.01 Å². The topological polar surface area (TPSA) is 72.0 Å². The standard InChI is InChI=1S/C12H23N5OS/c1-6-7-13-9-15-10(17-11(16-9)18-4)14-8-12(2,3)19-5/h6-8H2,1-5H3,(H2,13,14,15,16,17). The van der Waals surface area contributed by atoms with Crippen LogP contribution in [0.15, 0.2) is 0 Å². The van der Waals surface area contributed by atoms with E-state index in [4.69, 9.17) is 4.74 Å². The number of ether oxygens (including phenoxy) is 1. The molecular formula is C12H23N5OS. The Morgan fingerprint density at radius 2 is 1.79 bits per heavy atom. The second kappa shape index (κ2) is 7.37. The molecule has 0 aliphatic carbocycles. The Morgan fingerprint density at radius 1 is 1.16 bits per heavy atom. The molecule has 0 aromatic carbocycles. The number of hydrogen-bond acceptors (Lipinski definition) is 7. The van der Waals surface area contributed by atoms with Gasteiger partial charge in [-0.05, 0) is 26.5 Å². The van der Waals surface area contributed by atoms with Crippen molar-refractivity contribution < 1.29 is 4.74 Å². The van der Waals surface area contributed by atoms with E-state index in [9.17, 15) is 0 Å². The number of anilines is 2. The minimum atomic E-state index is 0.122. The summed E-state index contributed by atoms with van der Waals surface area (Å²) in [5, 5.41) is 6.36. The molecule has 1 heterocycles. The smallest absolute Gasteiger partial charge is 0.322 e. The zero-order valence-corrected chi connectivity index (χ0v) is 13.1. The summed E-state index contributed by atoms with van der Waals surface area (Å²) in [4.78, 5) is 12.7. The van der Waals surface area contributed by atoms with E-state index in [1.807, 2.05) is 0 Å². The van der Waals surface area contributed by atoms with Gasteiger partial charge in [0.15, 0.2) is 0 Å². The molecule has 0 saturated heterocycles. The summed E-state index contributed by atoms with van der Waals surface area (Å²) < 4.78 is 5.21. The van der Waals surface area contributed by atoms with Gasteiger partial charge in [-0.1, -0.05) is 6.92 Å². The Morgan fingerprint density at radius 3 is 2.32 bits per heavy atom. The number of aromatic nitrogens is 3. The number of hydrogen-bond donors (Lipinski definition) is 2. The average molecular weight is 285 g/mol. The van der Waals surface area contributed by atoms with Crippen molar-refractivity contribution in [1.29, 1.82) is 0 Å². The molecule has 1 aromatic rings. The largest absolute Gasteiger partial charge is 0.467 e. The Bertz CT molecular complexity index is 400. The maximum atomic E-state index is 5.09. The third-order valence-electron chi connectivity index (χ3n) is 2.56. The molecule has 0 radical (unpaired) electrons. The Balaban J connectivity index is 2.76. The molecule has 0 fully saturated rings. The van der Waals surface area contributed by atoms with Crippen LogP contribution in [-0.4, -0.2) is 46.2 Å². The van der Waals surface area contributed by atoms with Gasteiger partial charge in [-0.2, -0.15) is 26.7 Å². The summed E-state index contributed by atoms with van der Waals surface area (Å²) in [6.45, 7) is 8.02. The van der Waals surface area contributed by atoms with E-state index >= 15 is 0 Å². The van der Waals surface area contributed by atoms with E-state index in [1.165, 1.54) is 0 Å². The predicted octanol–water partition coefficient (Wildman–Crippen LogP) is 2.26. The van der Waals surface area contributed by atoms with Crippen LogP contribution in [0.5, 0.6) is 6.01 Å². The van der Waals surface area contributed by atoms with Crippen molar-refractivity contribution in [3.63, 3.8) is 0 Å². The Hall–Kier alpha value is -1.24. The number of nitrogens with one attached hydrogen (secondary N) is 2. The lowest BCUT2D eigenvalue weighted by Crippen LogP contribution is -2.27. The normalized spacial score (nSPS) is 11.2. The first kappa shape index (κ1) is 15.8. The van der Waals surface area contributed by atoms with E-state index in [0.717, 1.165) is 19.5 Å². The van der Waals surface area contributed by atoms with Crippen LogP contribution < -0.4 is 15.4 Å². The van der Waals surface area contributed by atoms with Crippen molar-refractivity contribution >= 4 is 23.7 Å². The fraction of sp³-hybridized carbons (Fsp3) is 0.750. The molecule has 108 valence electrons. The summed E-state index contributed by atoms with van der Waals surface area (Å²) in [7, 11) is 1.55. The second-order valence-corrected chi connectivity index (χ2v) is 6.23. The van der Waals surface area contributed by atoms with Crippen LogP contribution in [0, 0.1) is 0 Å². The first-order chi connectivity index (χ1) is 9.00. The molecule has 19 heavy (non-hydrogen) atoms. The monoisotopic (exact) mass is 285 g/mol. The number of rotatable bonds is 8. The van der Waals surface area contributed by atoms with E-state index in [1.54, 1.807) is 18.9 Å². The van der Waals surface area contributed by atoms with Crippen LogP contribution >= 0.6 is 11.8 Å². The van der Waals surface area contributed by atoms with Gasteiger partial charge in [0, 0.05) is 17.8 Å². The van der Waals surface area contributed by atoms with E-state index < -0.39 is 0 Å². The lowest BCUT2D eigenvalue weighted by atomic mass is 10.2. The molecule has 2 N–H and O–H groups in total. The first-order valence-corrected chi connectivity index (χ1v) is 7.56. The maximum absolute atomic E-state index is 5.09. The molecule has 7 heteroatoms. The molecule has 0 amide bonds. The van der Waals surface area contributed by atoms with Crippen molar-refractivity contribution in [2.45, 2.75) is 31.9 Å². The van der Waals surface area contributed by atoms with Crippen molar-refractivity contribution in [1.82, 2.24) is 15.0 Å². The number of thioether (sulfide) groups is 1. The predicted molar refractivity (Wildman–Crippen MR) is 81.2 cm³/mol. The minimum Gasteiger partial charge on any atom is -0.467 e. The molecule has 0 bridgehead atoms. The third kappa shape index (κ3) is 5.50. The highest BCUT2D eigenvalue weighted by Gasteiger charge is 2.16. The molecule has 0 unspecified atom stereocenters. The van der Waals surface area contributed by atoms with Gasteiger partial charge in [-0.15, -0.1) is 0 Å². The van der Waals surface area contributed by atoms with Gasteiger partial charge in [0.25, 0.3) is 0 Å². The fourth-order valence-electron chi connectivity index (χ4n) is 1.21. The minimum absolute atomic E-state index is 0.122. The summed E-state index contributed by atoms with van der Waals surface area (Å²) in [6, 6.07) is 0.318. The quantitative estimate of drug-likeness (QED) is 0.759. The summed E-state index contributed by atoms with van der Waals surface area (Å²) in [6.07, 6.45) is 3.10. The van der Waals surface area contributed by atoms with Crippen molar-refractivity contribution in [2.24, 2.45) is 0 Å². The highest BCUT2D eigenvalue weighted by molar-refractivity contribution is 7.99. The molecule has 6 nitrogen and oxygen atoms in total. The van der Waals surface area contributed by atoms with Crippen LogP contribution in [0.3, 0.4) is 0 Å². The summed E-state index contributed by atoms with van der Waals surface area (Å²) in [5.74, 6) is 1.07. The van der Waals surface area contributed by atoms with Crippen LogP contribution in [0.2, 0.25) is 0 Å². The second-order valence-electron chi connectivity index (χ2n) is 4.71. The van der Waals surface area contributed by atoms with Gasteiger partial charge in [0.1, 0.15) is 0 Å². The zero-order chi connectivity index (χ0) is 14.3. The lowest BCUT2D eigenvalue weighted by Gasteiger charge is -2.22. The SMILES string of the molecule is CCCNc1nc(NCC(C)(C)SC)nc(OC)n1. The van der Waals surface area contributed by atoms with E-state index in [-0.39, 0.29) is 4.75 Å². The van der Waals surface area contributed by atoms with E-state index in [0.29, 0.717) is 17.9 Å². The van der Waals surface area contributed by atoms with Gasteiger partial charge in [0.2, 0.25) is 11.9 Å². The molecule has 1 rings (SSSR count). The maximum Gasteiger partial charge on any atom is 0.322 e. The van der Waals surface area contributed by atoms with Crippen LogP contribution in [0.1, 0.15) is 27.2 Å². The zero-order valence-electron chi connectivity index (χ0n) is 12.3. The highest BCUT2D eigenvalue weighted by Crippen LogP contribution is 2.21. The van der Waals surface area contributed by atoms with Gasteiger partial charge in [0.05, 0.1) is 7.11 Å². The Kier molecular flexibility index (Phi) is 6.14. The first-order valence-electron chi connectivity index (χ1n) is 6.33. The molecule has 0 saturated carbocycles. The Labute approximate surface area is 119 Å². The third-order valence-corrected chi connectivity index (χ3v) is 3.80. The van der Waals surface area contributed by atoms with Crippen LogP contribution in [-0.2, 0) is 0 Å². The summed E-state index contributed by atoms with van der Waals surface area (Å²) in [5.41, 5.74) is 0. The molecule has 0 atom stereocenters. The van der Waals surface area contributed by atoms with Gasteiger partial charge in [-0.3, -0.25) is 0 Å². The van der Waals surface area contributed by atoms with E-state index in [2.05, 4.69) is 52.6 Å². The molecular weight excluding hydrogens is 262 g/mol. The van der Waals surface area contributed by atoms with Crippen LogP contribution in [0.4, 0.5) is 11.9 Å². The van der Waals surface area contributed by atoms with Gasteiger partial charge < -0.3 is 15.4 Å².